The third-order valence-electron chi connectivity index (χ3n) is 5.13. The molecule has 29 heavy (non-hydrogen) atoms. The Labute approximate surface area is 180 Å². The Bertz CT molecular complexity index is 888. The summed E-state index contributed by atoms with van der Waals surface area (Å²) in [5.41, 5.74) is 0.165. The van der Waals surface area contributed by atoms with E-state index in [9.17, 15) is 9.90 Å². The molecule has 1 fully saturated rings. The molecular weight excluding hydrogens is 415 g/mol. The average Bonchev–Trinajstić information content (AvgIpc) is 2.72. The van der Waals surface area contributed by atoms with Gasteiger partial charge in [-0.15, -0.1) is 0 Å². The molecule has 2 aromatic rings. The molecule has 0 saturated heterocycles. The van der Waals surface area contributed by atoms with Crippen molar-refractivity contribution in [3.8, 4) is 6.01 Å². The van der Waals surface area contributed by atoms with Crippen LogP contribution in [0.4, 0.5) is 11.5 Å². The van der Waals surface area contributed by atoms with Gasteiger partial charge in [0.05, 0.1) is 23.3 Å². The van der Waals surface area contributed by atoms with E-state index in [4.69, 9.17) is 27.9 Å². The van der Waals surface area contributed by atoms with Crippen LogP contribution in [0.5, 0.6) is 6.01 Å². The number of rotatable bonds is 6. The molecule has 9 heteroatoms. The van der Waals surface area contributed by atoms with Gasteiger partial charge >= 0.3 is 6.01 Å². The zero-order valence-corrected chi connectivity index (χ0v) is 17.9. The summed E-state index contributed by atoms with van der Waals surface area (Å²) < 4.78 is 5.06. The van der Waals surface area contributed by atoms with E-state index in [2.05, 4.69) is 15.3 Å². The fourth-order valence-electron chi connectivity index (χ4n) is 3.40. The van der Waals surface area contributed by atoms with Crippen molar-refractivity contribution >= 4 is 40.6 Å². The van der Waals surface area contributed by atoms with Gasteiger partial charge in [0.15, 0.2) is 0 Å². The van der Waals surface area contributed by atoms with Gasteiger partial charge in [-0.3, -0.25) is 4.79 Å². The number of carbonyl (C=O) groups excluding carboxylic acids is 1. The van der Waals surface area contributed by atoms with Gasteiger partial charge in [0, 0.05) is 25.3 Å². The first-order chi connectivity index (χ1) is 13.8. The van der Waals surface area contributed by atoms with Gasteiger partial charge in [0.2, 0.25) is 0 Å². The summed E-state index contributed by atoms with van der Waals surface area (Å²) in [6, 6.07) is 6.84. The van der Waals surface area contributed by atoms with Crippen molar-refractivity contribution in [2.75, 3.05) is 25.6 Å². The number of anilines is 2. The first kappa shape index (κ1) is 21.6. The lowest BCUT2D eigenvalue weighted by Gasteiger charge is -2.32. The largest absolute Gasteiger partial charge is 0.467 e. The Balaban J connectivity index is 1.78. The summed E-state index contributed by atoms with van der Waals surface area (Å²) in [5.74, 6) is 0.176. The maximum absolute atomic E-state index is 12.7. The lowest BCUT2D eigenvalue weighted by Crippen LogP contribution is -2.44. The summed E-state index contributed by atoms with van der Waals surface area (Å²) in [7, 11) is 3.24. The van der Waals surface area contributed by atoms with Gasteiger partial charge in [0.1, 0.15) is 11.0 Å². The van der Waals surface area contributed by atoms with Crippen molar-refractivity contribution in [1.29, 1.82) is 0 Å². The molecule has 1 aromatic heterocycles. The fourth-order valence-corrected chi connectivity index (χ4v) is 3.78. The van der Waals surface area contributed by atoms with Crippen molar-refractivity contribution < 1.29 is 14.6 Å². The summed E-state index contributed by atoms with van der Waals surface area (Å²) in [6.07, 6.45) is 4.45. The second-order valence-corrected chi connectivity index (χ2v) is 8.02. The molecule has 1 heterocycles. The second-order valence-electron chi connectivity index (χ2n) is 7.23. The highest BCUT2D eigenvalue weighted by Gasteiger charge is 2.29. The van der Waals surface area contributed by atoms with Crippen LogP contribution in [0.15, 0.2) is 24.3 Å². The van der Waals surface area contributed by atoms with E-state index in [0.717, 1.165) is 19.3 Å². The molecule has 1 amide bonds. The number of amides is 1. The van der Waals surface area contributed by atoms with Gasteiger partial charge in [-0.25, -0.2) is 0 Å². The van der Waals surface area contributed by atoms with E-state index in [1.807, 2.05) is 0 Å². The van der Waals surface area contributed by atoms with E-state index in [1.54, 1.807) is 36.2 Å². The lowest BCUT2D eigenvalue weighted by atomic mass is 9.85. The van der Waals surface area contributed by atoms with Gasteiger partial charge in [-0.2, -0.15) is 9.97 Å². The van der Waals surface area contributed by atoms with Crippen LogP contribution in [0.1, 0.15) is 42.5 Å². The van der Waals surface area contributed by atoms with Crippen molar-refractivity contribution in [1.82, 2.24) is 15.3 Å². The number of halogens is 2. The summed E-state index contributed by atoms with van der Waals surface area (Å²) in [6.45, 7) is 0.209. The second kappa shape index (κ2) is 9.15. The number of aromatic nitrogens is 2. The van der Waals surface area contributed by atoms with E-state index in [0.29, 0.717) is 34.9 Å². The molecule has 0 aliphatic heterocycles. The number of hydrogen-bond acceptors (Lipinski definition) is 6. The molecule has 0 radical (unpaired) electrons. The molecule has 1 aromatic carbocycles. The maximum atomic E-state index is 12.7. The molecule has 0 spiro atoms. The van der Waals surface area contributed by atoms with Gasteiger partial charge in [-0.1, -0.05) is 42.5 Å². The van der Waals surface area contributed by atoms with Crippen LogP contribution in [-0.4, -0.2) is 47.3 Å². The van der Waals surface area contributed by atoms with Crippen LogP contribution in [0.2, 0.25) is 10.2 Å². The Hall–Kier alpha value is -2.09. The zero-order valence-electron chi connectivity index (χ0n) is 16.4. The number of ether oxygens (including phenoxy) is 1. The number of benzene rings is 1. The predicted molar refractivity (Wildman–Crippen MR) is 113 cm³/mol. The van der Waals surface area contributed by atoms with Crippen molar-refractivity contribution in [3.63, 3.8) is 0 Å². The number of nitrogens with one attached hydrogen (secondary N) is 1. The molecule has 3 rings (SSSR count). The van der Waals surface area contributed by atoms with Gasteiger partial charge < -0.3 is 20.1 Å². The normalized spacial score (nSPS) is 15.6. The first-order valence-electron chi connectivity index (χ1n) is 9.44. The van der Waals surface area contributed by atoms with Gasteiger partial charge in [-0.05, 0) is 31.0 Å². The van der Waals surface area contributed by atoms with Crippen LogP contribution in [0.25, 0.3) is 0 Å². The quantitative estimate of drug-likeness (QED) is 0.662. The molecule has 1 aliphatic carbocycles. The third kappa shape index (κ3) is 5.29. The number of methoxy groups -OCH3 is 1. The molecule has 0 atom stereocenters. The Morgan fingerprint density at radius 1 is 1.24 bits per heavy atom. The smallest absolute Gasteiger partial charge is 0.319 e. The monoisotopic (exact) mass is 438 g/mol. The first-order valence-corrected chi connectivity index (χ1v) is 10.2. The minimum absolute atomic E-state index is 0.145. The van der Waals surface area contributed by atoms with Crippen LogP contribution in [0.3, 0.4) is 0 Å². The highest BCUT2D eigenvalue weighted by Crippen LogP contribution is 2.30. The molecular formula is C20H24Cl2N4O3. The minimum Gasteiger partial charge on any atom is -0.467 e. The van der Waals surface area contributed by atoms with E-state index in [-0.39, 0.29) is 23.6 Å². The summed E-state index contributed by atoms with van der Waals surface area (Å²) in [5, 5.41) is 14.0. The molecule has 2 N–H and O–H groups in total. The van der Waals surface area contributed by atoms with E-state index < -0.39 is 5.60 Å². The summed E-state index contributed by atoms with van der Waals surface area (Å²) in [4.78, 5) is 22.7. The predicted octanol–water partition coefficient (Wildman–Crippen LogP) is 3.98. The van der Waals surface area contributed by atoms with E-state index in [1.165, 1.54) is 7.11 Å². The number of carbonyl (C=O) groups is 1. The Kier molecular flexibility index (Phi) is 6.82. The zero-order chi connectivity index (χ0) is 21.0. The van der Waals surface area contributed by atoms with Crippen LogP contribution >= 0.6 is 23.2 Å². The van der Waals surface area contributed by atoms with Crippen LogP contribution in [0, 0.1) is 0 Å². The van der Waals surface area contributed by atoms with Crippen molar-refractivity contribution in [2.45, 2.75) is 37.7 Å². The minimum atomic E-state index is -0.844. The van der Waals surface area contributed by atoms with Crippen molar-refractivity contribution in [2.24, 2.45) is 0 Å². The molecule has 1 aliphatic rings. The highest BCUT2D eigenvalue weighted by molar-refractivity contribution is 6.34. The third-order valence-corrected chi connectivity index (χ3v) is 5.65. The fraction of sp³-hybridized carbons (Fsp3) is 0.450. The van der Waals surface area contributed by atoms with Gasteiger partial charge in [0.25, 0.3) is 5.91 Å². The number of nitrogens with zero attached hydrogens (tertiary/aromatic N) is 3. The maximum Gasteiger partial charge on any atom is 0.319 e. The number of hydrogen-bond donors (Lipinski definition) is 2. The van der Waals surface area contributed by atoms with Crippen LogP contribution < -0.4 is 15.0 Å². The van der Waals surface area contributed by atoms with Crippen molar-refractivity contribution in [3.05, 3.63) is 40.0 Å². The molecule has 0 bridgehead atoms. The average molecular weight is 439 g/mol. The van der Waals surface area contributed by atoms with Crippen LogP contribution in [-0.2, 0) is 0 Å². The van der Waals surface area contributed by atoms with E-state index >= 15 is 0 Å². The number of aliphatic hydroxyl groups is 1. The highest BCUT2D eigenvalue weighted by atomic mass is 35.5. The standard InChI is InChI=1S/C20H24Cl2N4O3/c1-26(17-11-16(22)24-19(25-17)29-2)13-6-7-15(21)14(10-13)18(27)23-12-20(28)8-4-3-5-9-20/h6-7,10-11,28H,3-5,8-9,12H2,1-2H3,(H,23,27). The molecule has 0 unspecified atom stereocenters. The Morgan fingerprint density at radius 2 is 1.97 bits per heavy atom. The summed E-state index contributed by atoms with van der Waals surface area (Å²) >= 11 is 12.3. The molecule has 156 valence electrons. The lowest BCUT2D eigenvalue weighted by molar-refractivity contribution is 0.00526. The molecule has 7 nitrogen and oxygen atoms in total. The SMILES string of the molecule is COc1nc(Cl)cc(N(C)c2ccc(Cl)c(C(=O)NCC3(O)CCCCC3)c2)n1. The molecule has 1 saturated carbocycles. The topological polar surface area (TPSA) is 87.6 Å². The Morgan fingerprint density at radius 3 is 2.66 bits per heavy atom.